The largest absolute Gasteiger partial charge is 0.496 e. The van der Waals surface area contributed by atoms with E-state index in [4.69, 9.17) is 13.9 Å². The lowest BCUT2D eigenvalue weighted by Crippen LogP contribution is -2.13. The first-order valence-electron chi connectivity index (χ1n) is 6.67. The summed E-state index contributed by atoms with van der Waals surface area (Å²) >= 11 is 0. The summed E-state index contributed by atoms with van der Waals surface area (Å²) in [5.41, 5.74) is 0.378. The van der Waals surface area contributed by atoms with E-state index < -0.39 is 5.97 Å². The Morgan fingerprint density at radius 2 is 1.95 bits per heavy atom. The summed E-state index contributed by atoms with van der Waals surface area (Å²) in [5, 5.41) is 0. The first kappa shape index (κ1) is 15.6. The summed E-state index contributed by atoms with van der Waals surface area (Å²) < 4.78 is 15.3. The predicted octanol–water partition coefficient (Wildman–Crippen LogP) is 3.04. The number of ketones is 1. The average molecular weight is 300 g/mol. The average Bonchev–Trinajstić information content (AvgIpc) is 2.96. The smallest absolute Gasteiger partial charge is 0.331 e. The van der Waals surface area contributed by atoms with E-state index in [1.807, 2.05) is 6.92 Å². The standard InChI is InChI=1S/C17H16O5/c1-12-7-8-13(22-12)9-10-17(19)21-11-15(18)14-5-3-4-6-16(14)20-2/h3-10H,11H2,1-2H3/b10-9+. The molecule has 1 aromatic heterocycles. The van der Waals surface area contributed by atoms with Gasteiger partial charge in [-0.1, -0.05) is 12.1 Å². The summed E-state index contributed by atoms with van der Waals surface area (Å²) in [6.45, 7) is 1.46. The van der Waals surface area contributed by atoms with Crippen LogP contribution in [0.4, 0.5) is 0 Å². The summed E-state index contributed by atoms with van der Waals surface area (Å²) in [6, 6.07) is 10.3. The van der Waals surface area contributed by atoms with Crippen LogP contribution in [0.15, 0.2) is 46.9 Å². The van der Waals surface area contributed by atoms with Crippen LogP contribution in [-0.4, -0.2) is 25.5 Å². The van der Waals surface area contributed by atoms with Crippen LogP contribution in [0.5, 0.6) is 5.75 Å². The monoisotopic (exact) mass is 300 g/mol. The molecule has 0 amide bonds. The molecule has 0 unspecified atom stereocenters. The van der Waals surface area contributed by atoms with E-state index in [0.717, 1.165) is 5.76 Å². The number of para-hydroxylation sites is 1. The number of hydrogen-bond acceptors (Lipinski definition) is 5. The molecule has 0 aliphatic heterocycles. The number of Topliss-reactive ketones (excluding diaryl/α,β-unsaturated/α-hetero) is 1. The van der Waals surface area contributed by atoms with Gasteiger partial charge in [0.25, 0.3) is 0 Å². The molecule has 0 aliphatic rings. The Morgan fingerprint density at radius 3 is 2.64 bits per heavy atom. The molecule has 1 aromatic carbocycles. The van der Waals surface area contributed by atoms with Crippen molar-refractivity contribution in [3.8, 4) is 5.75 Å². The van der Waals surface area contributed by atoms with Crippen LogP contribution < -0.4 is 4.74 Å². The molecule has 0 saturated carbocycles. The van der Waals surface area contributed by atoms with E-state index >= 15 is 0 Å². The fraction of sp³-hybridized carbons (Fsp3) is 0.176. The van der Waals surface area contributed by atoms with Crippen LogP contribution in [0, 0.1) is 6.92 Å². The number of methoxy groups -OCH3 is 1. The first-order chi connectivity index (χ1) is 10.6. The summed E-state index contributed by atoms with van der Waals surface area (Å²) in [5.74, 6) is 0.806. The van der Waals surface area contributed by atoms with Gasteiger partial charge >= 0.3 is 5.97 Å². The van der Waals surface area contributed by atoms with Gasteiger partial charge in [-0.15, -0.1) is 0 Å². The highest BCUT2D eigenvalue weighted by Gasteiger charge is 2.13. The fourth-order valence-corrected chi connectivity index (χ4v) is 1.83. The van der Waals surface area contributed by atoms with Crippen LogP contribution in [-0.2, 0) is 9.53 Å². The van der Waals surface area contributed by atoms with Crippen LogP contribution >= 0.6 is 0 Å². The molecule has 0 radical (unpaired) electrons. The van der Waals surface area contributed by atoms with Crippen molar-refractivity contribution in [1.82, 2.24) is 0 Å². The Hall–Kier alpha value is -2.82. The number of aryl methyl sites for hydroxylation is 1. The highest BCUT2D eigenvalue weighted by molar-refractivity contribution is 6.01. The lowest BCUT2D eigenvalue weighted by Gasteiger charge is -2.06. The van der Waals surface area contributed by atoms with E-state index in [0.29, 0.717) is 17.1 Å². The zero-order chi connectivity index (χ0) is 15.9. The van der Waals surface area contributed by atoms with Crippen LogP contribution in [0.2, 0.25) is 0 Å². The molecular formula is C17H16O5. The number of hydrogen-bond donors (Lipinski definition) is 0. The maximum atomic E-state index is 12.0. The van der Waals surface area contributed by atoms with Crippen molar-refractivity contribution in [2.24, 2.45) is 0 Å². The molecule has 2 aromatic rings. The third-order valence-electron chi connectivity index (χ3n) is 2.90. The Morgan fingerprint density at radius 1 is 1.18 bits per heavy atom. The molecule has 5 nitrogen and oxygen atoms in total. The second-order valence-corrected chi connectivity index (χ2v) is 4.51. The molecule has 0 N–H and O–H groups in total. The highest BCUT2D eigenvalue weighted by Crippen LogP contribution is 2.17. The van der Waals surface area contributed by atoms with Gasteiger partial charge in [-0.3, -0.25) is 4.79 Å². The molecule has 0 atom stereocenters. The number of ether oxygens (including phenoxy) is 2. The molecule has 0 bridgehead atoms. The van der Waals surface area contributed by atoms with E-state index in [1.54, 1.807) is 36.4 Å². The third-order valence-corrected chi connectivity index (χ3v) is 2.90. The topological polar surface area (TPSA) is 65.7 Å². The molecule has 22 heavy (non-hydrogen) atoms. The Labute approximate surface area is 128 Å². The maximum absolute atomic E-state index is 12.0. The fourth-order valence-electron chi connectivity index (χ4n) is 1.83. The van der Waals surface area contributed by atoms with Crippen LogP contribution in [0.3, 0.4) is 0 Å². The molecular weight excluding hydrogens is 284 g/mol. The van der Waals surface area contributed by atoms with Crippen molar-refractivity contribution >= 4 is 17.8 Å². The first-order valence-corrected chi connectivity index (χ1v) is 6.67. The summed E-state index contributed by atoms with van der Waals surface area (Å²) in [4.78, 5) is 23.6. The maximum Gasteiger partial charge on any atom is 0.331 e. The van der Waals surface area contributed by atoms with Crippen LogP contribution in [0.1, 0.15) is 21.9 Å². The van der Waals surface area contributed by atoms with Gasteiger partial charge in [0.05, 0.1) is 12.7 Å². The number of benzene rings is 1. The van der Waals surface area contributed by atoms with Crippen LogP contribution in [0.25, 0.3) is 6.08 Å². The number of rotatable bonds is 6. The molecule has 2 rings (SSSR count). The summed E-state index contributed by atoms with van der Waals surface area (Å²) in [6.07, 6.45) is 2.71. The number of carbonyl (C=O) groups excluding carboxylic acids is 2. The quantitative estimate of drug-likeness (QED) is 0.466. The molecule has 0 fully saturated rings. The second-order valence-electron chi connectivity index (χ2n) is 4.51. The minimum atomic E-state index is -0.614. The Bertz CT molecular complexity index is 697. The second kappa shape index (κ2) is 7.26. The van der Waals surface area contributed by atoms with Gasteiger partial charge in [-0.25, -0.2) is 4.79 Å². The molecule has 0 spiro atoms. The Kier molecular flexibility index (Phi) is 5.14. The molecule has 114 valence electrons. The van der Waals surface area contributed by atoms with E-state index in [1.165, 1.54) is 19.3 Å². The Balaban J connectivity index is 1.90. The zero-order valence-corrected chi connectivity index (χ0v) is 12.4. The van der Waals surface area contributed by atoms with Gasteiger partial charge < -0.3 is 13.9 Å². The molecule has 5 heteroatoms. The van der Waals surface area contributed by atoms with Crippen molar-refractivity contribution in [3.63, 3.8) is 0 Å². The van der Waals surface area contributed by atoms with Gasteiger partial charge in [-0.2, -0.15) is 0 Å². The van der Waals surface area contributed by atoms with E-state index in [2.05, 4.69) is 0 Å². The van der Waals surface area contributed by atoms with Gasteiger partial charge in [0.15, 0.2) is 6.61 Å². The molecule has 0 aliphatic carbocycles. The van der Waals surface area contributed by atoms with Gasteiger partial charge in [-0.05, 0) is 37.3 Å². The van der Waals surface area contributed by atoms with Gasteiger partial charge in [0.1, 0.15) is 17.3 Å². The van der Waals surface area contributed by atoms with Gasteiger partial charge in [0, 0.05) is 6.08 Å². The van der Waals surface area contributed by atoms with Crippen molar-refractivity contribution < 1.29 is 23.5 Å². The van der Waals surface area contributed by atoms with Crippen molar-refractivity contribution in [2.45, 2.75) is 6.92 Å². The minimum absolute atomic E-state index is 0.326. The SMILES string of the molecule is COc1ccccc1C(=O)COC(=O)/C=C/c1ccc(C)o1. The van der Waals surface area contributed by atoms with Crippen molar-refractivity contribution in [3.05, 3.63) is 59.6 Å². The minimum Gasteiger partial charge on any atom is -0.496 e. The normalized spacial score (nSPS) is 10.6. The van der Waals surface area contributed by atoms with Gasteiger partial charge in [0.2, 0.25) is 5.78 Å². The predicted molar refractivity (Wildman–Crippen MR) is 80.8 cm³/mol. The lowest BCUT2D eigenvalue weighted by molar-refractivity contribution is -0.136. The summed E-state index contributed by atoms with van der Waals surface area (Å²) in [7, 11) is 1.48. The molecule has 1 heterocycles. The van der Waals surface area contributed by atoms with E-state index in [-0.39, 0.29) is 12.4 Å². The van der Waals surface area contributed by atoms with Crippen molar-refractivity contribution in [1.29, 1.82) is 0 Å². The zero-order valence-electron chi connectivity index (χ0n) is 12.4. The number of carbonyl (C=O) groups is 2. The number of furan rings is 1. The highest BCUT2D eigenvalue weighted by atomic mass is 16.5. The third kappa shape index (κ3) is 4.09. The molecule has 0 saturated heterocycles. The lowest BCUT2D eigenvalue weighted by atomic mass is 10.1. The van der Waals surface area contributed by atoms with Crippen molar-refractivity contribution in [2.75, 3.05) is 13.7 Å². The van der Waals surface area contributed by atoms with E-state index in [9.17, 15) is 9.59 Å². The number of esters is 1.